The Morgan fingerprint density at radius 2 is 1.92 bits per heavy atom. The number of benzene rings is 1. The van der Waals surface area contributed by atoms with Gasteiger partial charge in [-0.3, -0.25) is 4.99 Å². The number of hydrogen-bond acceptors (Lipinski definition) is 4. The predicted molar refractivity (Wildman–Crippen MR) is 105 cm³/mol. The molecule has 0 spiro atoms. The summed E-state index contributed by atoms with van der Waals surface area (Å²) in [6, 6.07) is 8.07. The molecule has 1 atom stereocenters. The molecule has 0 radical (unpaired) electrons. The predicted octanol–water partition coefficient (Wildman–Crippen LogP) is 3.24. The number of nitrogens with zero attached hydrogens (tertiary/aromatic N) is 2. The van der Waals surface area contributed by atoms with Crippen LogP contribution in [0.25, 0.3) is 0 Å². The van der Waals surface area contributed by atoms with E-state index >= 15 is 0 Å². The van der Waals surface area contributed by atoms with E-state index in [1.54, 1.807) is 7.05 Å². The quantitative estimate of drug-likeness (QED) is 0.560. The summed E-state index contributed by atoms with van der Waals surface area (Å²) in [7, 11) is 1.76. The van der Waals surface area contributed by atoms with Crippen LogP contribution in [0.3, 0.4) is 0 Å². The second-order valence-electron chi connectivity index (χ2n) is 6.29. The van der Waals surface area contributed by atoms with E-state index in [0.29, 0.717) is 13.1 Å². The second-order valence-corrected chi connectivity index (χ2v) is 6.29. The summed E-state index contributed by atoms with van der Waals surface area (Å²) in [6.45, 7) is 9.54. The molecule has 1 aromatic heterocycles. The van der Waals surface area contributed by atoms with Gasteiger partial charge in [-0.15, -0.1) is 0 Å². The van der Waals surface area contributed by atoms with Gasteiger partial charge in [0, 0.05) is 25.6 Å². The average molecular weight is 358 g/mol. The summed E-state index contributed by atoms with van der Waals surface area (Å²) in [5.74, 6) is 2.54. The van der Waals surface area contributed by atoms with Crippen LogP contribution < -0.4 is 15.4 Å². The lowest BCUT2D eigenvalue weighted by Crippen LogP contribution is -2.41. The molecule has 2 aromatic rings. The first-order valence-electron chi connectivity index (χ1n) is 9.21. The summed E-state index contributed by atoms with van der Waals surface area (Å²) in [5.41, 5.74) is 3.35. The van der Waals surface area contributed by atoms with Crippen LogP contribution >= 0.6 is 0 Å². The Morgan fingerprint density at radius 3 is 2.54 bits per heavy atom. The molecule has 0 fully saturated rings. The van der Waals surface area contributed by atoms with Crippen LogP contribution in [0.15, 0.2) is 33.8 Å². The van der Waals surface area contributed by atoms with Crippen LogP contribution in [-0.2, 0) is 19.4 Å². The summed E-state index contributed by atoms with van der Waals surface area (Å²) >= 11 is 0. The number of aliphatic imine (C=N–C) groups is 1. The fraction of sp³-hybridized carbons (Fsp3) is 0.500. The highest BCUT2D eigenvalue weighted by Crippen LogP contribution is 2.15. The monoisotopic (exact) mass is 358 g/mol. The van der Waals surface area contributed by atoms with E-state index in [2.05, 4.69) is 41.6 Å². The zero-order valence-corrected chi connectivity index (χ0v) is 16.4. The van der Waals surface area contributed by atoms with Crippen LogP contribution in [0.2, 0.25) is 0 Å². The van der Waals surface area contributed by atoms with Crippen molar-refractivity contribution in [2.45, 2.75) is 53.2 Å². The molecular weight excluding hydrogens is 328 g/mol. The molecule has 6 nitrogen and oxygen atoms in total. The zero-order chi connectivity index (χ0) is 18.9. The highest BCUT2D eigenvalue weighted by molar-refractivity contribution is 5.79. The lowest BCUT2D eigenvalue weighted by Gasteiger charge is -2.18. The van der Waals surface area contributed by atoms with Gasteiger partial charge in [0.05, 0.1) is 12.2 Å². The molecule has 0 aliphatic carbocycles. The maximum absolute atomic E-state index is 5.92. The second kappa shape index (κ2) is 9.85. The normalized spacial score (nSPS) is 12.7. The molecule has 1 heterocycles. The number of hydrogen-bond donors (Lipinski definition) is 2. The minimum atomic E-state index is 0.0178. The van der Waals surface area contributed by atoms with Gasteiger partial charge in [0.2, 0.25) is 0 Å². The Hall–Kier alpha value is -2.50. The fourth-order valence-corrected chi connectivity index (χ4v) is 2.66. The minimum Gasteiger partial charge on any atom is -0.489 e. The third-order valence-corrected chi connectivity index (χ3v) is 4.18. The minimum absolute atomic E-state index is 0.0178. The number of nitrogens with one attached hydrogen (secondary N) is 2. The number of rotatable bonds is 8. The molecule has 0 aliphatic heterocycles. The van der Waals surface area contributed by atoms with Crippen molar-refractivity contribution < 1.29 is 9.26 Å². The Labute approximate surface area is 156 Å². The standard InChI is InChI=1S/C20H30N4O2/c1-6-18-17(19(7-2)26-24-18)13-23-20(21-5)22-12-15(4)25-16-10-8-14(3)9-11-16/h8-11,15H,6-7,12-13H2,1-5H3,(H2,21,22,23). The van der Waals surface area contributed by atoms with Gasteiger partial charge in [0.25, 0.3) is 0 Å². The largest absolute Gasteiger partial charge is 0.489 e. The molecule has 0 bridgehead atoms. The number of aryl methyl sites for hydroxylation is 3. The van der Waals surface area contributed by atoms with Crippen molar-refractivity contribution in [3.05, 3.63) is 46.8 Å². The lowest BCUT2D eigenvalue weighted by molar-refractivity contribution is 0.224. The van der Waals surface area contributed by atoms with Gasteiger partial charge in [0.15, 0.2) is 5.96 Å². The molecule has 26 heavy (non-hydrogen) atoms. The molecule has 0 amide bonds. The van der Waals surface area contributed by atoms with E-state index in [1.165, 1.54) is 5.56 Å². The van der Waals surface area contributed by atoms with Gasteiger partial charge < -0.3 is 19.9 Å². The van der Waals surface area contributed by atoms with Crippen molar-refractivity contribution in [1.82, 2.24) is 15.8 Å². The molecule has 0 aliphatic rings. The highest BCUT2D eigenvalue weighted by atomic mass is 16.5. The zero-order valence-electron chi connectivity index (χ0n) is 16.4. The van der Waals surface area contributed by atoms with Crippen LogP contribution in [0.1, 0.15) is 43.4 Å². The van der Waals surface area contributed by atoms with E-state index < -0.39 is 0 Å². The smallest absolute Gasteiger partial charge is 0.191 e. The number of aromatic nitrogens is 1. The molecule has 1 unspecified atom stereocenters. The summed E-state index contributed by atoms with van der Waals surface area (Å²) in [5, 5.41) is 10.8. The third kappa shape index (κ3) is 5.51. The molecule has 1 aromatic carbocycles. The first-order chi connectivity index (χ1) is 12.6. The van der Waals surface area contributed by atoms with E-state index in [1.807, 2.05) is 31.2 Å². The van der Waals surface area contributed by atoms with E-state index in [9.17, 15) is 0 Å². The summed E-state index contributed by atoms with van der Waals surface area (Å²) < 4.78 is 11.3. The molecule has 0 saturated heterocycles. The van der Waals surface area contributed by atoms with Crippen LogP contribution in [-0.4, -0.2) is 30.8 Å². The Balaban J connectivity index is 1.84. The third-order valence-electron chi connectivity index (χ3n) is 4.18. The SMILES string of the molecule is CCc1noc(CC)c1CNC(=NC)NCC(C)Oc1ccc(C)cc1. The Bertz CT molecular complexity index is 686. The Morgan fingerprint density at radius 1 is 1.19 bits per heavy atom. The summed E-state index contributed by atoms with van der Waals surface area (Å²) in [4.78, 5) is 4.28. The van der Waals surface area contributed by atoms with Gasteiger partial charge in [-0.25, -0.2) is 0 Å². The fourth-order valence-electron chi connectivity index (χ4n) is 2.66. The molecule has 142 valence electrons. The van der Waals surface area contributed by atoms with Gasteiger partial charge in [-0.1, -0.05) is 36.7 Å². The van der Waals surface area contributed by atoms with E-state index in [0.717, 1.165) is 41.6 Å². The number of guanidine groups is 1. The van der Waals surface area contributed by atoms with Crippen molar-refractivity contribution in [1.29, 1.82) is 0 Å². The first-order valence-corrected chi connectivity index (χ1v) is 9.21. The summed E-state index contributed by atoms with van der Waals surface area (Å²) in [6.07, 6.45) is 1.70. The van der Waals surface area contributed by atoms with Crippen molar-refractivity contribution in [3.63, 3.8) is 0 Å². The number of ether oxygens (including phenoxy) is 1. The van der Waals surface area contributed by atoms with Crippen molar-refractivity contribution in [2.24, 2.45) is 4.99 Å². The maximum atomic E-state index is 5.92. The van der Waals surface area contributed by atoms with Gasteiger partial charge >= 0.3 is 0 Å². The van der Waals surface area contributed by atoms with Crippen LogP contribution in [0.5, 0.6) is 5.75 Å². The average Bonchev–Trinajstić information content (AvgIpc) is 3.05. The van der Waals surface area contributed by atoms with Crippen molar-refractivity contribution >= 4 is 5.96 Å². The first kappa shape index (κ1) is 19.8. The molecule has 6 heteroatoms. The van der Waals surface area contributed by atoms with Gasteiger partial charge in [0.1, 0.15) is 17.6 Å². The molecular formula is C20H30N4O2. The van der Waals surface area contributed by atoms with Gasteiger partial charge in [-0.05, 0) is 32.4 Å². The highest BCUT2D eigenvalue weighted by Gasteiger charge is 2.14. The van der Waals surface area contributed by atoms with E-state index in [4.69, 9.17) is 9.26 Å². The van der Waals surface area contributed by atoms with E-state index in [-0.39, 0.29) is 6.10 Å². The molecule has 0 saturated carbocycles. The van der Waals surface area contributed by atoms with Crippen LogP contribution in [0, 0.1) is 6.92 Å². The molecule has 2 rings (SSSR count). The molecule has 2 N–H and O–H groups in total. The van der Waals surface area contributed by atoms with Crippen molar-refractivity contribution in [3.8, 4) is 5.75 Å². The van der Waals surface area contributed by atoms with Crippen LogP contribution in [0.4, 0.5) is 0 Å². The van der Waals surface area contributed by atoms with Crippen molar-refractivity contribution in [2.75, 3.05) is 13.6 Å². The lowest BCUT2D eigenvalue weighted by atomic mass is 10.1. The Kier molecular flexibility index (Phi) is 7.51. The van der Waals surface area contributed by atoms with Gasteiger partial charge in [-0.2, -0.15) is 0 Å². The topological polar surface area (TPSA) is 71.7 Å². The maximum Gasteiger partial charge on any atom is 0.191 e.